The van der Waals surface area contributed by atoms with Crippen LogP contribution in [0.4, 0.5) is 0 Å². The highest BCUT2D eigenvalue weighted by molar-refractivity contribution is 6.17. The molecule has 9 aromatic carbocycles. The van der Waals surface area contributed by atoms with Crippen LogP contribution in [0, 0.1) is 0 Å². The van der Waals surface area contributed by atoms with Gasteiger partial charge in [-0.15, -0.1) is 0 Å². The van der Waals surface area contributed by atoms with Gasteiger partial charge in [-0.2, -0.15) is 0 Å². The number of rotatable bonds is 5. The van der Waals surface area contributed by atoms with E-state index in [9.17, 15) is 0 Å². The number of nitrogens with zero attached hydrogens (tertiary/aromatic N) is 2. The Balaban J connectivity index is 0.000000752. The summed E-state index contributed by atoms with van der Waals surface area (Å²) < 4.78 is 4.79. The third kappa shape index (κ3) is 5.56. The summed E-state index contributed by atoms with van der Waals surface area (Å²) in [6.45, 7) is 5.42. The van der Waals surface area contributed by atoms with Gasteiger partial charge in [0, 0.05) is 32.9 Å². The Kier molecular flexibility index (Phi) is 8.23. The van der Waals surface area contributed by atoms with Crippen molar-refractivity contribution in [3.8, 4) is 55.9 Å². The predicted octanol–water partition coefficient (Wildman–Crippen LogP) is 15.8. The van der Waals surface area contributed by atoms with Crippen LogP contribution in [0.25, 0.3) is 110 Å². The van der Waals surface area contributed by atoms with Crippen LogP contribution in [0.5, 0.6) is 0 Å². The first-order valence-corrected chi connectivity index (χ1v) is 20.3. The molecule has 2 nitrogen and oxygen atoms in total. The summed E-state index contributed by atoms with van der Waals surface area (Å²) in [5.41, 5.74) is 17.4. The lowest BCUT2D eigenvalue weighted by atomic mass is 9.96. The van der Waals surface area contributed by atoms with E-state index in [2.05, 4.69) is 210 Å². The molecule has 278 valence electrons. The zero-order valence-corrected chi connectivity index (χ0v) is 32.8. The molecule has 2 heteroatoms. The summed E-state index contributed by atoms with van der Waals surface area (Å²) in [7, 11) is 0. The topological polar surface area (TPSA) is 9.86 Å². The average molecular weight is 753 g/mol. The van der Waals surface area contributed by atoms with Crippen LogP contribution >= 0.6 is 0 Å². The van der Waals surface area contributed by atoms with E-state index in [4.69, 9.17) is 0 Å². The number of hydrogen-bond donors (Lipinski definition) is 0. The summed E-state index contributed by atoms with van der Waals surface area (Å²) >= 11 is 0. The van der Waals surface area contributed by atoms with Crippen molar-refractivity contribution in [3.63, 3.8) is 0 Å². The Labute approximate surface area is 343 Å². The molecular weight excluding hydrogens is 713 g/mol. The lowest BCUT2D eigenvalue weighted by molar-refractivity contribution is 1.18. The third-order valence-electron chi connectivity index (χ3n) is 12.0. The molecule has 59 heavy (non-hydrogen) atoms. The number of benzene rings is 9. The molecule has 2 aromatic heterocycles. The third-order valence-corrected chi connectivity index (χ3v) is 12.0. The summed E-state index contributed by atoms with van der Waals surface area (Å²) in [5.74, 6) is 0. The van der Waals surface area contributed by atoms with Crippen molar-refractivity contribution in [1.29, 1.82) is 0 Å². The lowest BCUT2D eigenvalue weighted by Gasteiger charge is -2.11. The quantitative estimate of drug-likeness (QED) is 0.155. The van der Waals surface area contributed by atoms with Gasteiger partial charge >= 0.3 is 0 Å². The Morgan fingerprint density at radius 1 is 0.373 bits per heavy atom. The SMILES string of the molecule is C=C/C=C\C.c1ccc(-n2c3ccccc3c3cc(-c4ccc5c(c4)c4ccccc4n5-c4ccc(-c5cc6c7c(cccc7c5)-c5ccccc5-6)cc4)ccc32)cc1. The molecule has 1 aliphatic rings. The van der Waals surface area contributed by atoms with Crippen molar-refractivity contribution in [2.45, 2.75) is 6.92 Å². The Morgan fingerprint density at radius 2 is 0.881 bits per heavy atom. The molecule has 0 saturated heterocycles. The minimum absolute atomic E-state index is 1.16. The van der Waals surface area contributed by atoms with Crippen LogP contribution in [0.3, 0.4) is 0 Å². The van der Waals surface area contributed by atoms with Gasteiger partial charge in [0.05, 0.1) is 22.1 Å². The van der Waals surface area contributed by atoms with Gasteiger partial charge in [-0.3, -0.25) is 0 Å². The van der Waals surface area contributed by atoms with Gasteiger partial charge in [0.2, 0.25) is 0 Å². The van der Waals surface area contributed by atoms with Gasteiger partial charge in [-0.25, -0.2) is 0 Å². The predicted molar refractivity (Wildman–Crippen MR) is 253 cm³/mol. The van der Waals surface area contributed by atoms with Crippen molar-refractivity contribution >= 4 is 54.4 Å². The van der Waals surface area contributed by atoms with E-state index in [1.54, 1.807) is 6.08 Å². The fraction of sp³-hybridized carbons (Fsp3) is 0.0175. The fourth-order valence-corrected chi connectivity index (χ4v) is 9.36. The first kappa shape index (κ1) is 34.6. The maximum atomic E-state index is 3.46. The molecule has 1 aliphatic carbocycles. The molecule has 0 amide bonds. The molecule has 0 bridgehead atoms. The maximum Gasteiger partial charge on any atom is 0.0541 e. The van der Waals surface area contributed by atoms with Gasteiger partial charge in [0.1, 0.15) is 0 Å². The van der Waals surface area contributed by atoms with E-state index in [1.165, 1.54) is 105 Å². The van der Waals surface area contributed by atoms with Crippen molar-refractivity contribution in [2.75, 3.05) is 0 Å². The maximum absolute atomic E-state index is 3.46. The minimum Gasteiger partial charge on any atom is -0.309 e. The fourth-order valence-electron chi connectivity index (χ4n) is 9.36. The van der Waals surface area contributed by atoms with Gasteiger partial charge in [-0.05, 0) is 135 Å². The van der Waals surface area contributed by atoms with E-state index in [0.29, 0.717) is 0 Å². The van der Waals surface area contributed by atoms with Crippen molar-refractivity contribution in [3.05, 3.63) is 219 Å². The summed E-state index contributed by atoms with van der Waals surface area (Å²) in [6.07, 6.45) is 5.58. The van der Waals surface area contributed by atoms with Crippen molar-refractivity contribution in [1.82, 2.24) is 9.13 Å². The first-order valence-electron chi connectivity index (χ1n) is 20.3. The molecule has 0 fully saturated rings. The smallest absolute Gasteiger partial charge is 0.0541 e. The summed E-state index contributed by atoms with van der Waals surface area (Å²) in [5, 5.41) is 7.70. The zero-order chi connectivity index (χ0) is 39.5. The van der Waals surface area contributed by atoms with Crippen LogP contribution in [0.15, 0.2) is 219 Å². The largest absolute Gasteiger partial charge is 0.309 e. The molecule has 0 unspecified atom stereocenters. The van der Waals surface area contributed by atoms with Gasteiger partial charge < -0.3 is 9.13 Å². The normalized spacial score (nSPS) is 11.8. The van der Waals surface area contributed by atoms with Gasteiger partial charge in [-0.1, -0.05) is 146 Å². The molecule has 12 rings (SSSR count). The average Bonchev–Trinajstić information content (AvgIpc) is 3.93. The molecule has 2 heterocycles. The van der Waals surface area contributed by atoms with Gasteiger partial charge in [0.25, 0.3) is 0 Å². The highest BCUT2D eigenvalue weighted by Crippen LogP contribution is 2.48. The molecular formula is C57H40N2. The summed E-state index contributed by atoms with van der Waals surface area (Å²) in [6, 6.07) is 71.4. The summed E-state index contributed by atoms with van der Waals surface area (Å²) in [4.78, 5) is 0. The standard InChI is InChI=1S/C52H32N2.C5H8/c1-2-12-38(13-3-1)53-48-19-8-6-16-42(48)45-30-34(23-27-50(45)53)35-24-28-51-46(31-35)43-17-7-9-20-49(43)54(51)39-25-21-33(22-26-39)37-29-36-11-10-18-44-40-14-4-5-15-41(40)47(32-37)52(36)44;1-3-5-4-2/h1-32H;3-5H,1H2,2H3/b;5-4-. The number of allylic oxidation sites excluding steroid dienone is 3. The second kappa shape index (κ2) is 14.1. The highest BCUT2D eigenvalue weighted by atomic mass is 15.0. The van der Waals surface area contributed by atoms with Crippen LogP contribution in [0.2, 0.25) is 0 Å². The number of fused-ring (bicyclic) bond motifs is 9. The number of hydrogen-bond acceptors (Lipinski definition) is 0. The second-order valence-corrected chi connectivity index (χ2v) is 15.3. The van der Waals surface area contributed by atoms with E-state index < -0.39 is 0 Å². The Hall–Kier alpha value is -7.68. The molecule has 0 radical (unpaired) electrons. The van der Waals surface area contributed by atoms with Crippen LogP contribution in [-0.2, 0) is 0 Å². The molecule has 0 saturated carbocycles. The first-order chi connectivity index (χ1) is 29.2. The van der Waals surface area contributed by atoms with Crippen LogP contribution in [-0.4, -0.2) is 9.13 Å². The van der Waals surface area contributed by atoms with E-state index in [1.807, 2.05) is 19.1 Å². The Morgan fingerprint density at radius 3 is 1.47 bits per heavy atom. The second-order valence-electron chi connectivity index (χ2n) is 15.3. The molecule has 0 N–H and O–H groups in total. The monoisotopic (exact) mass is 752 g/mol. The van der Waals surface area contributed by atoms with Crippen LogP contribution in [0.1, 0.15) is 6.92 Å². The zero-order valence-electron chi connectivity index (χ0n) is 32.8. The molecule has 0 spiro atoms. The van der Waals surface area contributed by atoms with Crippen molar-refractivity contribution < 1.29 is 0 Å². The number of para-hydroxylation sites is 3. The number of aromatic nitrogens is 2. The van der Waals surface area contributed by atoms with Crippen LogP contribution < -0.4 is 0 Å². The van der Waals surface area contributed by atoms with Gasteiger partial charge in [0.15, 0.2) is 0 Å². The Bertz CT molecular complexity index is 3450. The van der Waals surface area contributed by atoms with E-state index >= 15 is 0 Å². The highest BCUT2D eigenvalue weighted by Gasteiger charge is 2.22. The molecule has 0 aliphatic heterocycles. The molecule has 0 atom stereocenters. The van der Waals surface area contributed by atoms with Crippen molar-refractivity contribution in [2.24, 2.45) is 0 Å². The molecule has 11 aromatic rings. The lowest BCUT2D eigenvalue weighted by Crippen LogP contribution is -1.94. The minimum atomic E-state index is 1.16. The van der Waals surface area contributed by atoms with E-state index in [-0.39, 0.29) is 0 Å². The van der Waals surface area contributed by atoms with E-state index in [0.717, 1.165) is 5.69 Å².